The number of hydrogen-bond acceptors (Lipinski definition) is 4. The number of imidazole rings is 1. The molecule has 26 heavy (non-hydrogen) atoms. The summed E-state index contributed by atoms with van der Waals surface area (Å²) in [5, 5.41) is 4.46. The van der Waals surface area contributed by atoms with Gasteiger partial charge < -0.3 is 4.74 Å². The van der Waals surface area contributed by atoms with Crippen LogP contribution in [0, 0.1) is 0 Å². The summed E-state index contributed by atoms with van der Waals surface area (Å²) in [5.41, 5.74) is 1.35. The quantitative estimate of drug-likeness (QED) is 0.573. The number of carbonyl (C=O) groups is 1. The highest BCUT2D eigenvalue weighted by Gasteiger charge is 2.26. The van der Waals surface area contributed by atoms with E-state index in [1.54, 1.807) is 16.8 Å². The molecule has 0 aliphatic heterocycles. The summed E-state index contributed by atoms with van der Waals surface area (Å²) < 4.78 is 7.78. The predicted molar refractivity (Wildman–Crippen MR) is 105 cm³/mol. The van der Waals surface area contributed by atoms with E-state index in [4.69, 9.17) is 16.3 Å². The summed E-state index contributed by atoms with van der Waals surface area (Å²) in [6.45, 7) is 5.79. The normalized spacial score (nSPS) is 11.6. The Bertz CT molecular complexity index is 938. The first-order valence-electron chi connectivity index (χ1n) is 7.99. The number of amides is 1. The van der Waals surface area contributed by atoms with Crippen LogP contribution < -0.4 is 4.90 Å². The maximum atomic E-state index is 12.9. The third kappa shape index (κ3) is 4.16. The molecule has 0 fully saturated rings. The summed E-state index contributed by atoms with van der Waals surface area (Å²) in [6.07, 6.45) is 1.13. The Morgan fingerprint density at radius 3 is 2.65 bits per heavy atom. The third-order valence-corrected chi connectivity index (χ3v) is 4.19. The van der Waals surface area contributed by atoms with Crippen molar-refractivity contribution in [3.8, 4) is 0 Å². The van der Waals surface area contributed by atoms with Gasteiger partial charge in [-0.2, -0.15) is 5.10 Å². The van der Waals surface area contributed by atoms with Gasteiger partial charge in [0.1, 0.15) is 10.2 Å². The lowest BCUT2D eigenvalue weighted by Gasteiger charge is -2.27. The minimum absolute atomic E-state index is 0.243. The van der Waals surface area contributed by atoms with Gasteiger partial charge in [-0.3, -0.25) is 4.90 Å². The lowest BCUT2D eigenvalue weighted by molar-refractivity contribution is 0.0577. The average molecular weight is 438 g/mol. The van der Waals surface area contributed by atoms with Gasteiger partial charge in [0.2, 0.25) is 0 Å². The highest BCUT2D eigenvalue weighted by Crippen LogP contribution is 2.28. The van der Waals surface area contributed by atoms with Gasteiger partial charge in [0, 0.05) is 6.07 Å². The Morgan fingerprint density at radius 1 is 1.31 bits per heavy atom. The molecule has 0 radical (unpaired) electrons. The fraction of sp³-hybridized carbons (Fsp3) is 0.278. The Kier molecular flexibility index (Phi) is 5.20. The summed E-state index contributed by atoms with van der Waals surface area (Å²) >= 11 is 9.56. The van der Waals surface area contributed by atoms with Gasteiger partial charge >= 0.3 is 6.09 Å². The van der Waals surface area contributed by atoms with E-state index in [2.05, 4.69) is 26.0 Å². The van der Waals surface area contributed by atoms with Gasteiger partial charge in [-0.15, -0.1) is 0 Å². The van der Waals surface area contributed by atoms with E-state index in [9.17, 15) is 4.79 Å². The topological polar surface area (TPSA) is 59.7 Å². The van der Waals surface area contributed by atoms with Crippen LogP contribution in [0.4, 0.5) is 10.5 Å². The summed E-state index contributed by atoms with van der Waals surface area (Å²) in [5.74, 6) is 0. The number of benzene rings is 1. The minimum Gasteiger partial charge on any atom is -0.443 e. The fourth-order valence-corrected chi connectivity index (χ4v) is 2.95. The molecule has 0 aliphatic rings. The average Bonchev–Trinajstić information content (AvgIpc) is 2.92. The highest BCUT2D eigenvalue weighted by molar-refractivity contribution is 9.10. The van der Waals surface area contributed by atoms with Crippen LogP contribution in [0.3, 0.4) is 0 Å². The summed E-state index contributed by atoms with van der Waals surface area (Å²) in [7, 11) is 0. The van der Waals surface area contributed by atoms with Crippen molar-refractivity contribution in [2.75, 3.05) is 4.90 Å². The largest absolute Gasteiger partial charge is 0.443 e. The minimum atomic E-state index is -0.630. The van der Waals surface area contributed by atoms with Crippen LogP contribution >= 0.6 is 27.5 Å². The number of halogens is 2. The van der Waals surface area contributed by atoms with Crippen LogP contribution in [0.5, 0.6) is 0 Å². The molecule has 0 aliphatic carbocycles. The SMILES string of the molecule is CC(C)(C)OC(=O)N(Cc1ccccc1)c1cc(Cl)nn2c(Br)cnc12. The lowest BCUT2D eigenvalue weighted by atomic mass is 10.2. The molecule has 0 spiro atoms. The Labute approximate surface area is 164 Å². The van der Waals surface area contributed by atoms with Crippen LogP contribution in [-0.2, 0) is 11.3 Å². The van der Waals surface area contributed by atoms with Gasteiger partial charge in [0.25, 0.3) is 0 Å². The number of hydrogen-bond donors (Lipinski definition) is 0. The number of carbonyl (C=O) groups excluding carboxylic acids is 1. The first-order valence-corrected chi connectivity index (χ1v) is 9.16. The molecule has 0 saturated heterocycles. The van der Waals surface area contributed by atoms with Gasteiger partial charge in [0.05, 0.1) is 18.4 Å². The zero-order valence-electron chi connectivity index (χ0n) is 14.6. The van der Waals surface area contributed by atoms with Crippen LogP contribution in [0.25, 0.3) is 5.65 Å². The number of ether oxygens (including phenoxy) is 1. The van der Waals surface area contributed by atoms with Crippen LogP contribution in [0.15, 0.2) is 47.2 Å². The predicted octanol–water partition coefficient (Wildman–Crippen LogP) is 5.09. The van der Waals surface area contributed by atoms with Crippen molar-refractivity contribution in [2.45, 2.75) is 32.9 Å². The van der Waals surface area contributed by atoms with E-state index < -0.39 is 11.7 Å². The van der Waals surface area contributed by atoms with Crippen molar-refractivity contribution in [3.63, 3.8) is 0 Å². The molecule has 1 aromatic carbocycles. The summed E-state index contributed by atoms with van der Waals surface area (Å²) in [4.78, 5) is 18.8. The molecular weight excluding hydrogens is 420 g/mol. The second-order valence-corrected chi connectivity index (χ2v) is 7.92. The molecule has 0 atom stereocenters. The van der Waals surface area contributed by atoms with Gasteiger partial charge in [-0.1, -0.05) is 41.9 Å². The molecule has 8 heteroatoms. The monoisotopic (exact) mass is 436 g/mol. The first kappa shape index (κ1) is 18.7. The maximum Gasteiger partial charge on any atom is 0.415 e. The molecule has 2 heterocycles. The highest BCUT2D eigenvalue weighted by atomic mass is 79.9. The fourth-order valence-electron chi connectivity index (χ4n) is 2.43. The molecule has 0 unspecified atom stereocenters. The standard InChI is InChI=1S/C18H18BrClN4O2/c1-18(2,3)26-17(25)23(11-12-7-5-4-6-8-12)13-9-15(20)22-24-14(19)10-21-16(13)24/h4-10H,11H2,1-3H3. The number of rotatable bonds is 3. The summed E-state index contributed by atoms with van der Waals surface area (Å²) in [6, 6.07) is 11.3. The van der Waals surface area contributed by atoms with Crippen molar-refractivity contribution < 1.29 is 9.53 Å². The molecule has 2 aromatic heterocycles. The van der Waals surface area contributed by atoms with E-state index in [0.717, 1.165) is 5.56 Å². The molecular formula is C18H18BrClN4O2. The Hall–Kier alpha value is -2.12. The molecule has 0 saturated carbocycles. The molecule has 0 N–H and O–H groups in total. The Balaban J connectivity index is 2.10. The molecule has 6 nitrogen and oxygen atoms in total. The zero-order chi connectivity index (χ0) is 18.9. The van der Waals surface area contributed by atoms with E-state index >= 15 is 0 Å². The molecule has 0 bridgehead atoms. The van der Waals surface area contributed by atoms with Crippen molar-refractivity contribution in [1.82, 2.24) is 14.6 Å². The van der Waals surface area contributed by atoms with E-state index in [1.807, 2.05) is 51.1 Å². The van der Waals surface area contributed by atoms with E-state index in [0.29, 0.717) is 22.5 Å². The van der Waals surface area contributed by atoms with Crippen molar-refractivity contribution in [1.29, 1.82) is 0 Å². The van der Waals surface area contributed by atoms with Crippen LogP contribution in [0.2, 0.25) is 5.15 Å². The number of aromatic nitrogens is 3. The second kappa shape index (κ2) is 7.25. The number of anilines is 1. The van der Waals surface area contributed by atoms with Crippen LogP contribution in [0.1, 0.15) is 26.3 Å². The van der Waals surface area contributed by atoms with Crippen LogP contribution in [-0.4, -0.2) is 26.3 Å². The van der Waals surface area contributed by atoms with Gasteiger partial charge in [-0.25, -0.2) is 14.3 Å². The third-order valence-electron chi connectivity index (χ3n) is 3.46. The molecule has 3 rings (SSSR count). The second-order valence-electron chi connectivity index (χ2n) is 6.72. The molecule has 136 valence electrons. The number of nitrogens with zero attached hydrogens (tertiary/aromatic N) is 4. The lowest BCUT2D eigenvalue weighted by Crippen LogP contribution is -2.37. The number of fused-ring (bicyclic) bond motifs is 1. The van der Waals surface area contributed by atoms with Crippen molar-refractivity contribution >= 4 is 45.0 Å². The first-order chi connectivity index (χ1) is 12.2. The maximum absolute atomic E-state index is 12.9. The van der Waals surface area contributed by atoms with Gasteiger partial charge in [0.15, 0.2) is 10.8 Å². The van der Waals surface area contributed by atoms with Gasteiger partial charge in [-0.05, 0) is 42.3 Å². The Morgan fingerprint density at radius 2 is 2.00 bits per heavy atom. The van der Waals surface area contributed by atoms with E-state index in [-0.39, 0.29) is 5.15 Å². The zero-order valence-corrected chi connectivity index (χ0v) is 17.0. The smallest absolute Gasteiger partial charge is 0.415 e. The van der Waals surface area contributed by atoms with Crippen molar-refractivity contribution in [3.05, 3.63) is 57.9 Å². The molecule has 3 aromatic rings. The van der Waals surface area contributed by atoms with Crippen molar-refractivity contribution in [2.24, 2.45) is 0 Å². The van der Waals surface area contributed by atoms with E-state index in [1.165, 1.54) is 4.90 Å². The molecule has 1 amide bonds.